The maximum Gasteiger partial charge on any atom is 0.416 e. The molecule has 2 aromatic rings. The molecule has 1 aliphatic heterocycles. The van der Waals surface area contributed by atoms with Crippen molar-refractivity contribution in [2.75, 3.05) is 19.6 Å². The monoisotopic (exact) mass is 406 g/mol. The van der Waals surface area contributed by atoms with Crippen LogP contribution in [0.4, 0.5) is 13.2 Å². The minimum absolute atomic E-state index is 0.0849. The maximum absolute atomic E-state index is 12.8. The van der Waals surface area contributed by atoms with Crippen LogP contribution in [0.3, 0.4) is 0 Å². The van der Waals surface area contributed by atoms with E-state index in [4.69, 9.17) is 4.74 Å². The second-order valence-electron chi connectivity index (χ2n) is 6.81. The van der Waals surface area contributed by atoms with Crippen molar-refractivity contribution >= 4 is 11.8 Å². The number of rotatable bonds is 6. The molecule has 154 valence electrons. The molecule has 5 nitrogen and oxygen atoms in total. The quantitative estimate of drug-likeness (QED) is 0.801. The number of carbonyl (C=O) groups excluding carboxylic acids is 2. The van der Waals surface area contributed by atoms with Crippen LogP contribution in [0, 0.1) is 0 Å². The molecule has 1 atom stereocenters. The Labute approximate surface area is 166 Å². The number of benzene rings is 2. The highest BCUT2D eigenvalue weighted by atomic mass is 19.4. The molecule has 0 bridgehead atoms. The van der Waals surface area contributed by atoms with Crippen LogP contribution in [-0.2, 0) is 22.3 Å². The van der Waals surface area contributed by atoms with Crippen LogP contribution in [0.5, 0.6) is 0 Å². The standard InChI is InChI=1S/C21H21F3N2O3/c22-21(23,24)17-8-4-7-16(11-17)20(28)25-12-19(27)26-10-9-18(13-26)29-14-15-5-2-1-3-6-15/h1-8,11,18H,9-10,12-14H2,(H,25,28). The third-order valence-electron chi connectivity index (χ3n) is 4.68. The number of hydrogen-bond acceptors (Lipinski definition) is 3. The van der Waals surface area contributed by atoms with Gasteiger partial charge in [-0.3, -0.25) is 9.59 Å². The van der Waals surface area contributed by atoms with Crippen LogP contribution < -0.4 is 5.32 Å². The topological polar surface area (TPSA) is 58.6 Å². The third kappa shape index (κ3) is 5.80. The van der Waals surface area contributed by atoms with Crippen molar-refractivity contribution in [2.24, 2.45) is 0 Å². The number of amides is 2. The summed E-state index contributed by atoms with van der Waals surface area (Å²) >= 11 is 0. The fraction of sp³-hybridized carbons (Fsp3) is 0.333. The van der Waals surface area contributed by atoms with Crippen molar-refractivity contribution in [1.82, 2.24) is 10.2 Å². The van der Waals surface area contributed by atoms with Crippen molar-refractivity contribution in [3.8, 4) is 0 Å². The fourth-order valence-corrected chi connectivity index (χ4v) is 3.09. The lowest BCUT2D eigenvalue weighted by Crippen LogP contribution is -2.39. The van der Waals surface area contributed by atoms with E-state index in [1.165, 1.54) is 6.07 Å². The zero-order valence-electron chi connectivity index (χ0n) is 15.6. The Morgan fingerprint density at radius 3 is 2.59 bits per heavy atom. The van der Waals surface area contributed by atoms with Crippen molar-refractivity contribution in [2.45, 2.75) is 25.3 Å². The Balaban J connectivity index is 1.45. The van der Waals surface area contributed by atoms with Gasteiger partial charge in [-0.05, 0) is 30.2 Å². The summed E-state index contributed by atoms with van der Waals surface area (Å²) in [5, 5.41) is 2.39. The van der Waals surface area contributed by atoms with Crippen molar-refractivity contribution < 1.29 is 27.5 Å². The molecular weight excluding hydrogens is 385 g/mol. The van der Waals surface area contributed by atoms with Gasteiger partial charge in [-0.15, -0.1) is 0 Å². The molecule has 29 heavy (non-hydrogen) atoms. The van der Waals surface area contributed by atoms with E-state index < -0.39 is 17.6 Å². The molecular formula is C21H21F3N2O3. The number of likely N-dealkylation sites (tertiary alicyclic amines) is 1. The summed E-state index contributed by atoms with van der Waals surface area (Å²) in [6.45, 7) is 1.11. The second kappa shape index (κ2) is 9.09. The molecule has 0 aromatic heterocycles. The Hall–Kier alpha value is -2.87. The lowest BCUT2D eigenvalue weighted by molar-refractivity contribution is -0.137. The molecule has 1 fully saturated rings. The Morgan fingerprint density at radius 2 is 1.86 bits per heavy atom. The number of halogens is 3. The van der Waals surface area contributed by atoms with Gasteiger partial charge < -0.3 is 15.0 Å². The van der Waals surface area contributed by atoms with E-state index in [1.54, 1.807) is 4.90 Å². The minimum Gasteiger partial charge on any atom is -0.372 e. The number of carbonyl (C=O) groups is 2. The summed E-state index contributed by atoms with van der Waals surface area (Å²) in [4.78, 5) is 26.0. The Bertz CT molecular complexity index is 856. The predicted molar refractivity (Wildman–Crippen MR) is 100.0 cm³/mol. The summed E-state index contributed by atoms with van der Waals surface area (Å²) in [5.41, 5.74) is -0.00169. The molecule has 3 rings (SSSR count). The molecule has 1 aliphatic rings. The Morgan fingerprint density at radius 1 is 1.10 bits per heavy atom. The highest BCUT2D eigenvalue weighted by Gasteiger charge is 2.31. The van der Waals surface area contributed by atoms with Gasteiger partial charge in [0.1, 0.15) is 0 Å². The number of nitrogens with one attached hydrogen (secondary N) is 1. The average Bonchev–Trinajstić information content (AvgIpc) is 3.19. The highest BCUT2D eigenvalue weighted by molar-refractivity contribution is 5.96. The van der Waals surface area contributed by atoms with E-state index in [0.29, 0.717) is 26.1 Å². The van der Waals surface area contributed by atoms with Crippen LogP contribution in [0.2, 0.25) is 0 Å². The van der Waals surface area contributed by atoms with Gasteiger partial charge in [-0.1, -0.05) is 36.4 Å². The van der Waals surface area contributed by atoms with Gasteiger partial charge in [-0.25, -0.2) is 0 Å². The summed E-state index contributed by atoms with van der Waals surface area (Å²) in [6, 6.07) is 13.8. The summed E-state index contributed by atoms with van der Waals surface area (Å²) in [5.74, 6) is -1.02. The SMILES string of the molecule is O=C(NCC(=O)N1CCC(OCc2ccccc2)C1)c1cccc(C(F)(F)F)c1. The van der Waals surface area contributed by atoms with E-state index in [0.717, 1.165) is 23.8 Å². The van der Waals surface area contributed by atoms with E-state index in [9.17, 15) is 22.8 Å². The van der Waals surface area contributed by atoms with Crippen molar-refractivity contribution in [3.05, 3.63) is 71.3 Å². The number of hydrogen-bond donors (Lipinski definition) is 1. The zero-order valence-corrected chi connectivity index (χ0v) is 15.6. The van der Waals surface area contributed by atoms with Crippen LogP contribution in [-0.4, -0.2) is 42.5 Å². The number of ether oxygens (including phenoxy) is 1. The first-order valence-electron chi connectivity index (χ1n) is 9.21. The molecule has 2 amide bonds. The van der Waals surface area contributed by atoms with E-state index in [1.807, 2.05) is 30.3 Å². The zero-order chi connectivity index (χ0) is 20.9. The molecule has 1 heterocycles. The first-order valence-corrected chi connectivity index (χ1v) is 9.21. The highest BCUT2D eigenvalue weighted by Crippen LogP contribution is 2.29. The first-order chi connectivity index (χ1) is 13.8. The maximum atomic E-state index is 12.8. The summed E-state index contributed by atoms with van der Waals surface area (Å²) < 4.78 is 44.1. The fourth-order valence-electron chi connectivity index (χ4n) is 3.09. The van der Waals surface area contributed by atoms with E-state index in [-0.39, 0.29) is 24.1 Å². The van der Waals surface area contributed by atoms with Gasteiger partial charge in [0.15, 0.2) is 0 Å². The van der Waals surface area contributed by atoms with Gasteiger partial charge in [0.25, 0.3) is 5.91 Å². The normalized spacial score (nSPS) is 16.7. The van der Waals surface area contributed by atoms with Gasteiger partial charge in [0.2, 0.25) is 5.91 Å². The van der Waals surface area contributed by atoms with E-state index >= 15 is 0 Å². The smallest absolute Gasteiger partial charge is 0.372 e. The lowest BCUT2D eigenvalue weighted by Gasteiger charge is -2.17. The molecule has 0 aliphatic carbocycles. The van der Waals surface area contributed by atoms with Crippen molar-refractivity contribution in [1.29, 1.82) is 0 Å². The summed E-state index contributed by atoms with van der Waals surface area (Å²) in [6.07, 6.45) is -3.92. The minimum atomic E-state index is -4.53. The molecule has 0 spiro atoms. The Kier molecular flexibility index (Phi) is 6.53. The molecule has 8 heteroatoms. The molecule has 0 radical (unpaired) electrons. The second-order valence-corrected chi connectivity index (χ2v) is 6.81. The van der Waals surface area contributed by atoms with Crippen molar-refractivity contribution in [3.63, 3.8) is 0 Å². The largest absolute Gasteiger partial charge is 0.416 e. The van der Waals surface area contributed by atoms with Gasteiger partial charge in [0.05, 0.1) is 24.8 Å². The van der Waals surface area contributed by atoms with Crippen LogP contribution in [0.15, 0.2) is 54.6 Å². The van der Waals surface area contributed by atoms with Crippen LogP contribution in [0.25, 0.3) is 0 Å². The molecule has 1 unspecified atom stereocenters. The first kappa shape index (κ1) is 20.9. The average molecular weight is 406 g/mol. The summed E-state index contributed by atoms with van der Waals surface area (Å²) in [7, 11) is 0. The van der Waals surface area contributed by atoms with Gasteiger partial charge in [-0.2, -0.15) is 13.2 Å². The molecule has 1 saturated heterocycles. The molecule has 1 N–H and O–H groups in total. The van der Waals surface area contributed by atoms with Gasteiger partial charge in [0, 0.05) is 18.7 Å². The van der Waals surface area contributed by atoms with E-state index in [2.05, 4.69) is 5.32 Å². The predicted octanol–water partition coefficient (Wildman–Crippen LogP) is 3.25. The number of alkyl halides is 3. The molecule has 2 aromatic carbocycles. The van der Waals surface area contributed by atoms with Crippen LogP contribution >= 0.6 is 0 Å². The third-order valence-corrected chi connectivity index (χ3v) is 4.68. The lowest BCUT2D eigenvalue weighted by atomic mass is 10.1. The molecule has 0 saturated carbocycles. The van der Waals surface area contributed by atoms with Crippen LogP contribution in [0.1, 0.15) is 27.9 Å². The number of nitrogens with zero attached hydrogens (tertiary/aromatic N) is 1. The van der Waals surface area contributed by atoms with Gasteiger partial charge >= 0.3 is 6.18 Å².